The Labute approximate surface area is 92.6 Å². The Bertz CT molecular complexity index is 344. The van der Waals surface area contributed by atoms with Gasteiger partial charge in [0.15, 0.2) is 0 Å². The van der Waals surface area contributed by atoms with E-state index in [1.807, 2.05) is 6.92 Å². The number of halogens is 3. The number of nitrogens with one attached hydrogen (secondary N) is 1. The average molecular weight is 235 g/mol. The maximum atomic E-state index is 12.1. The number of nitrogens with zero attached hydrogens (tertiary/aromatic N) is 2. The molecule has 0 saturated heterocycles. The molecule has 1 atom stereocenters. The molecule has 0 saturated carbocycles. The zero-order chi connectivity index (χ0) is 12.3. The third kappa shape index (κ3) is 3.75. The van der Waals surface area contributed by atoms with E-state index in [0.29, 0.717) is 5.82 Å². The third-order valence-corrected chi connectivity index (χ3v) is 2.22. The van der Waals surface area contributed by atoms with Crippen LogP contribution in [0.5, 0.6) is 0 Å². The SMILES string of the molecule is CCc1cc(NC(C)CC(F)(F)F)n(C)n1. The van der Waals surface area contributed by atoms with Crippen LogP contribution in [-0.4, -0.2) is 22.0 Å². The lowest BCUT2D eigenvalue weighted by molar-refractivity contribution is -0.136. The Kier molecular flexibility index (Phi) is 3.83. The molecule has 3 nitrogen and oxygen atoms in total. The molecule has 0 spiro atoms. The minimum atomic E-state index is -4.14. The van der Waals surface area contributed by atoms with Gasteiger partial charge in [-0.15, -0.1) is 0 Å². The fourth-order valence-electron chi connectivity index (χ4n) is 1.49. The van der Waals surface area contributed by atoms with Gasteiger partial charge in [0.2, 0.25) is 0 Å². The van der Waals surface area contributed by atoms with Crippen LogP contribution in [0.15, 0.2) is 6.07 Å². The van der Waals surface area contributed by atoms with E-state index in [2.05, 4.69) is 10.4 Å². The van der Waals surface area contributed by atoms with Crippen molar-refractivity contribution < 1.29 is 13.2 Å². The largest absolute Gasteiger partial charge is 0.391 e. The van der Waals surface area contributed by atoms with Gasteiger partial charge < -0.3 is 5.32 Å². The van der Waals surface area contributed by atoms with Crippen molar-refractivity contribution in [3.63, 3.8) is 0 Å². The standard InChI is InChI=1S/C10H16F3N3/c1-4-8-5-9(16(3)15-8)14-7(2)6-10(11,12)13/h5,7,14H,4,6H2,1-3H3. The van der Waals surface area contributed by atoms with Crippen molar-refractivity contribution in [2.45, 2.75) is 38.9 Å². The molecule has 1 aromatic rings. The summed E-state index contributed by atoms with van der Waals surface area (Å²) in [5.41, 5.74) is 0.865. The number of hydrogen-bond acceptors (Lipinski definition) is 2. The van der Waals surface area contributed by atoms with Crippen LogP contribution in [0.2, 0.25) is 0 Å². The summed E-state index contributed by atoms with van der Waals surface area (Å²) in [7, 11) is 1.71. The predicted octanol–water partition coefficient (Wildman–Crippen LogP) is 2.74. The Morgan fingerprint density at radius 1 is 1.50 bits per heavy atom. The molecule has 0 bridgehead atoms. The van der Waals surface area contributed by atoms with E-state index >= 15 is 0 Å². The van der Waals surface area contributed by atoms with Crippen LogP contribution in [0.1, 0.15) is 26.0 Å². The molecule has 0 radical (unpaired) electrons. The molecule has 0 amide bonds. The predicted molar refractivity (Wildman–Crippen MR) is 56.3 cm³/mol. The minimum Gasteiger partial charge on any atom is -0.367 e. The van der Waals surface area contributed by atoms with E-state index in [9.17, 15) is 13.2 Å². The van der Waals surface area contributed by atoms with Crippen LogP contribution < -0.4 is 5.32 Å². The highest BCUT2D eigenvalue weighted by atomic mass is 19.4. The fraction of sp³-hybridized carbons (Fsp3) is 0.700. The van der Waals surface area contributed by atoms with Crippen LogP contribution in [0.25, 0.3) is 0 Å². The Balaban J connectivity index is 2.62. The van der Waals surface area contributed by atoms with Gasteiger partial charge in [-0.2, -0.15) is 18.3 Å². The van der Waals surface area contributed by atoms with Gasteiger partial charge in [0, 0.05) is 19.2 Å². The normalized spacial score (nSPS) is 13.9. The first kappa shape index (κ1) is 12.9. The summed E-state index contributed by atoms with van der Waals surface area (Å²) in [5, 5.41) is 6.95. The number of rotatable bonds is 4. The van der Waals surface area contributed by atoms with Crippen molar-refractivity contribution in [3.8, 4) is 0 Å². The van der Waals surface area contributed by atoms with Crippen LogP contribution in [-0.2, 0) is 13.5 Å². The van der Waals surface area contributed by atoms with Crippen LogP contribution in [0.4, 0.5) is 19.0 Å². The molecule has 1 rings (SSSR count). The molecule has 0 aliphatic rings. The molecular weight excluding hydrogens is 219 g/mol. The summed E-state index contributed by atoms with van der Waals surface area (Å²) >= 11 is 0. The molecule has 16 heavy (non-hydrogen) atoms. The van der Waals surface area contributed by atoms with Gasteiger partial charge in [0.1, 0.15) is 5.82 Å². The van der Waals surface area contributed by atoms with Crippen molar-refractivity contribution in [1.29, 1.82) is 0 Å². The van der Waals surface area contributed by atoms with Crippen molar-refractivity contribution >= 4 is 5.82 Å². The summed E-state index contributed by atoms with van der Waals surface area (Å²) in [6.07, 6.45) is -4.22. The molecule has 0 fully saturated rings. The number of aromatic nitrogens is 2. The van der Waals surface area contributed by atoms with Crippen molar-refractivity contribution in [1.82, 2.24) is 9.78 Å². The highest BCUT2D eigenvalue weighted by Gasteiger charge is 2.30. The second kappa shape index (κ2) is 4.76. The lowest BCUT2D eigenvalue weighted by atomic mass is 10.2. The van der Waals surface area contributed by atoms with E-state index in [1.165, 1.54) is 6.92 Å². The second-order valence-electron chi connectivity index (χ2n) is 3.86. The minimum absolute atomic E-state index is 0.619. The number of hydrogen-bond donors (Lipinski definition) is 1. The molecule has 0 aliphatic heterocycles. The van der Waals surface area contributed by atoms with Gasteiger partial charge in [-0.1, -0.05) is 6.92 Å². The molecule has 0 aliphatic carbocycles. The number of aryl methyl sites for hydroxylation is 2. The molecule has 0 aromatic carbocycles. The highest BCUT2D eigenvalue weighted by molar-refractivity contribution is 5.37. The summed E-state index contributed by atoms with van der Waals surface area (Å²) in [4.78, 5) is 0. The molecule has 6 heteroatoms. The zero-order valence-corrected chi connectivity index (χ0v) is 9.60. The quantitative estimate of drug-likeness (QED) is 0.869. The first-order chi connectivity index (χ1) is 7.31. The van der Waals surface area contributed by atoms with Crippen LogP contribution in [0, 0.1) is 0 Å². The van der Waals surface area contributed by atoms with E-state index in [-0.39, 0.29) is 0 Å². The summed E-state index contributed by atoms with van der Waals surface area (Å²) in [5.74, 6) is 0.619. The lowest BCUT2D eigenvalue weighted by Gasteiger charge is -2.16. The maximum Gasteiger partial charge on any atom is 0.391 e. The van der Waals surface area contributed by atoms with E-state index in [4.69, 9.17) is 0 Å². The molecule has 1 aromatic heterocycles. The smallest absolute Gasteiger partial charge is 0.367 e. The molecular formula is C10H16F3N3. The second-order valence-corrected chi connectivity index (χ2v) is 3.86. The van der Waals surface area contributed by atoms with Crippen LogP contribution in [0.3, 0.4) is 0 Å². The van der Waals surface area contributed by atoms with Gasteiger partial charge in [0.25, 0.3) is 0 Å². The monoisotopic (exact) mass is 235 g/mol. The van der Waals surface area contributed by atoms with E-state index < -0.39 is 18.6 Å². The van der Waals surface area contributed by atoms with Gasteiger partial charge in [-0.3, -0.25) is 4.68 Å². The number of anilines is 1. The summed E-state index contributed by atoms with van der Waals surface area (Å²) in [6.45, 7) is 3.46. The third-order valence-electron chi connectivity index (χ3n) is 2.22. The van der Waals surface area contributed by atoms with Crippen molar-refractivity contribution in [2.75, 3.05) is 5.32 Å². The summed E-state index contributed by atoms with van der Waals surface area (Å²) < 4.78 is 37.9. The van der Waals surface area contributed by atoms with Gasteiger partial charge in [-0.05, 0) is 13.3 Å². The lowest BCUT2D eigenvalue weighted by Crippen LogP contribution is -2.24. The molecule has 92 valence electrons. The average Bonchev–Trinajstić information content (AvgIpc) is 2.44. The zero-order valence-electron chi connectivity index (χ0n) is 9.60. The van der Waals surface area contributed by atoms with E-state index in [0.717, 1.165) is 12.1 Å². The Morgan fingerprint density at radius 3 is 2.56 bits per heavy atom. The highest BCUT2D eigenvalue weighted by Crippen LogP contribution is 2.23. The summed E-state index contributed by atoms with van der Waals surface area (Å²) in [6, 6.07) is 1.12. The fourth-order valence-corrected chi connectivity index (χ4v) is 1.49. The first-order valence-electron chi connectivity index (χ1n) is 5.18. The van der Waals surface area contributed by atoms with E-state index in [1.54, 1.807) is 17.8 Å². The first-order valence-corrected chi connectivity index (χ1v) is 5.18. The molecule has 1 N–H and O–H groups in total. The van der Waals surface area contributed by atoms with Gasteiger partial charge in [-0.25, -0.2) is 0 Å². The van der Waals surface area contributed by atoms with Gasteiger partial charge in [0.05, 0.1) is 12.1 Å². The van der Waals surface area contributed by atoms with Crippen molar-refractivity contribution in [2.24, 2.45) is 7.05 Å². The number of alkyl halides is 3. The van der Waals surface area contributed by atoms with Crippen molar-refractivity contribution in [3.05, 3.63) is 11.8 Å². The maximum absolute atomic E-state index is 12.1. The Morgan fingerprint density at radius 2 is 2.12 bits per heavy atom. The topological polar surface area (TPSA) is 29.9 Å². The molecule has 1 heterocycles. The van der Waals surface area contributed by atoms with Gasteiger partial charge >= 0.3 is 6.18 Å². The molecule has 1 unspecified atom stereocenters. The Hall–Kier alpha value is -1.20. The van der Waals surface area contributed by atoms with Crippen LogP contribution >= 0.6 is 0 Å².